The Morgan fingerprint density at radius 3 is 1.62 bits per heavy atom. The standard InChI is InChI=1S/C14H20O10/c1-6(15)21-9-10(22-7(2)16)12(23-8(3)17)14(20-5)24-11(9)13(18)19-4/h9-12,14H,1-5H3/t9-,10-,11?,12+,14+/m0/s1. The van der Waals surface area contributed by atoms with Gasteiger partial charge >= 0.3 is 23.9 Å². The zero-order valence-corrected chi connectivity index (χ0v) is 14.0. The fourth-order valence-corrected chi connectivity index (χ4v) is 2.27. The number of hydrogen-bond acceptors (Lipinski definition) is 10. The molecule has 1 fully saturated rings. The average Bonchev–Trinajstić information content (AvgIpc) is 2.48. The molecule has 1 rings (SSSR count). The van der Waals surface area contributed by atoms with Gasteiger partial charge in [-0.3, -0.25) is 14.4 Å². The maximum atomic E-state index is 11.9. The van der Waals surface area contributed by atoms with Gasteiger partial charge in [0.05, 0.1) is 7.11 Å². The molecule has 1 heterocycles. The van der Waals surface area contributed by atoms with Crippen molar-refractivity contribution in [2.75, 3.05) is 14.2 Å². The third kappa shape index (κ3) is 4.90. The van der Waals surface area contributed by atoms with Crippen molar-refractivity contribution in [3.8, 4) is 0 Å². The summed E-state index contributed by atoms with van der Waals surface area (Å²) in [4.78, 5) is 46.1. The quantitative estimate of drug-likeness (QED) is 0.466. The fourth-order valence-electron chi connectivity index (χ4n) is 2.27. The predicted octanol–water partition coefficient (Wildman–Crippen LogP) is -0.674. The van der Waals surface area contributed by atoms with E-state index < -0.39 is 54.6 Å². The largest absolute Gasteiger partial charge is 0.467 e. The Morgan fingerprint density at radius 2 is 1.21 bits per heavy atom. The van der Waals surface area contributed by atoms with Crippen molar-refractivity contribution in [3.05, 3.63) is 0 Å². The molecule has 0 aromatic rings. The smallest absolute Gasteiger partial charge is 0.339 e. The molecule has 0 aliphatic carbocycles. The van der Waals surface area contributed by atoms with Gasteiger partial charge in [0, 0.05) is 27.9 Å². The summed E-state index contributed by atoms with van der Waals surface area (Å²) < 4.78 is 30.3. The van der Waals surface area contributed by atoms with Gasteiger partial charge in [-0.05, 0) is 0 Å². The van der Waals surface area contributed by atoms with Crippen molar-refractivity contribution < 1.29 is 47.6 Å². The molecule has 0 bridgehead atoms. The van der Waals surface area contributed by atoms with Crippen LogP contribution in [-0.4, -0.2) is 68.8 Å². The summed E-state index contributed by atoms with van der Waals surface area (Å²) in [7, 11) is 2.35. The molecular weight excluding hydrogens is 328 g/mol. The first-order valence-electron chi connectivity index (χ1n) is 6.99. The lowest BCUT2D eigenvalue weighted by atomic mass is 9.97. The van der Waals surface area contributed by atoms with Crippen LogP contribution in [0.25, 0.3) is 0 Å². The van der Waals surface area contributed by atoms with Gasteiger partial charge in [0.1, 0.15) is 0 Å². The minimum Gasteiger partial charge on any atom is -0.467 e. The summed E-state index contributed by atoms with van der Waals surface area (Å²) in [5, 5.41) is 0. The van der Waals surface area contributed by atoms with Crippen molar-refractivity contribution in [2.45, 2.75) is 51.5 Å². The highest BCUT2D eigenvalue weighted by molar-refractivity contribution is 5.77. The molecule has 0 N–H and O–H groups in total. The Hall–Kier alpha value is -2.20. The molecule has 5 atom stereocenters. The van der Waals surface area contributed by atoms with E-state index in [2.05, 4.69) is 4.74 Å². The maximum absolute atomic E-state index is 11.9. The minimum absolute atomic E-state index is 0.708. The molecule has 1 aliphatic heterocycles. The number of carbonyl (C=O) groups excluding carboxylic acids is 4. The number of esters is 4. The molecule has 0 spiro atoms. The van der Waals surface area contributed by atoms with Crippen LogP contribution in [0, 0.1) is 0 Å². The SMILES string of the molecule is COC(=O)C1O[C@@H](OC)[C@H](OC(C)=O)[C@@H](OC(C)=O)[C@@H]1OC(C)=O. The number of methoxy groups -OCH3 is 2. The van der Waals surface area contributed by atoms with Crippen molar-refractivity contribution >= 4 is 23.9 Å². The van der Waals surface area contributed by atoms with Crippen LogP contribution in [0.5, 0.6) is 0 Å². The highest BCUT2D eigenvalue weighted by Crippen LogP contribution is 2.29. The van der Waals surface area contributed by atoms with Gasteiger partial charge in [-0.2, -0.15) is 0 Å². The molecule has 10 nitrogen and oxygen atoms in total. The lowest BCUT2D eigenvalue weighted by Crippen LogP contribution is -2.63. The Kier molecular flexibility index (Phi) is 7.11. The van der Waals surface area contributed by atoms with Crippen molar-refractivity contribution in [3.63, 3.8) is 0 Å². The van der Waals surface area contributed by atoms with E-state index in [1.165, 1.54) is 7.11 Å². The third-order valence-corrected chi connectivity index (χ3v) is 3.07. The van der Waals surface area contributed by atoms with E-state index in [1.807, 2.05) is 0 Å². The zero-order valence-electron chi connectivity index (χ0n) is 14.0. The Morgan fingerprint density at radius 1 is 0.750 bits per heavy atom. The molecule has 0 aromatic carbocycles. The van der Waals surface area contributed by atoms with Crippen LogP contribution < -0.4 is 0 Å². The molecule has 136 valence electrons. The van der Waals surface area contributed by atoms with Crippen LogP contribution in [0.15, 0.2) is 0 Å². The summed E-state index contributed by atoms with van der Waals surface area (Å²) in [5.74, 6) is -3.08. The van der Waals surface area contributed by atoms with Crippen molar-refractivity contribution in [1.82, 2.24) is 0 Å². The van der Waals surface area contributed by atoms with Crippen molar-refractivity contribution in [2.24, 2.45) is 0 Å². The van der Waals surface area contributed by atoms with Gasteiger partial charge < -0.3 is 28.4 Å². The maximum Gasteiger partial charge on any atom is 0.339 e. The summed E-state index contributed by atoms with van der Waals surface area (Å²) in [6.45, 7) is 3.34. The molecule has 0 saturated carbocycles. The second-order valence-corrected chi connectivity index (χ2v) is 4.91. The van der Waals surface area contributed by atoms with E-state index in [0.717, 1.165) is 27.9 Å². The topological polar surface area (TPSA) is 124 Å². The molecule has 0 radical (unpaired) electrons. The van der Waals surface area contributed by atoms with Crippen LogP contribution in [0.4, 0.5) is 0 Å². The van der Waals surface area contributed by atoms with Gasteiger partial charge in [-0.15, -0.1) is 0 Å². The van der Waals surface area contributed by atoms with Gasteiger partial charge in [0.15, 0.2) is 30.7 Å². The van der Waals surface area contributed by atoms with E-state index in [1.54, 1.807) is 0 Å². The van der Waals surface area contributed by atoms with Crippen molar-refractivity contribution in [1.29, 1.82) is 0 Å². The molecule has 10 heteroatoms. The molecular formula is C14H20O10. The molecule has 1 aliphatic rings. The first kappa shape index (κ1) is 19.8. The highest BCUT2D eigenvalue weighted by Gasteiger charge is 2.54. The number of rotatable bonds is 5. The lowest BCUT2D eigenvalue weighted by molar-refractivity contribution is -0.296. The normalized spacial score (nSPS) is 29.3. The lowest BCUT2D eigenvalue weighted by Gasteiger charge is -2.42. The summed E-state index contributed by atoms with van der Waals surface area (Å²) in [6.07, 6.45) is -6.62. The van der Waals surface area contributed by atoms with Gasteiger partial charge in [-0.1, -0.05) is 0 Å². The van der Waals surface area contributed by atoms with Crippen LogP contribution in [0.3, 0.4) is 0 Å². The number of carbonyl (C=O) groups is 4. The summed E-state index contributed by atoms with van der Waals surface area (Å²) in [5.41, 5.74) is 0. The zero-order chi connectivity index (χ0) is 18.4. The second kappa shape index (κ2) is 8.60. The monoisotopic (exact) mass is 348 g/mol. The van der Waals surface area contributed by atoms with Crippen LogP contribution in [-0.2, 0) is 47.6 Å². The number of ether oxygens (including phenoxy) is 6. The Balaban J connectivity index is 3.28. The minimum atomic E-state index is -1.43. The van der Waals surface area contributed by atoms with Gasteiger partial charge in [-0.25, -0.2) is 4.79 Å². The van der Waals surface area contributed by atoms with Crippen LogP contribution >= 0.6 is 0 Å². The first-order chi connectivity index (χ1) is 11.2. The Labute approximate surface area is 138 Å². The van der Waals surface area contributed by atoms with E-state index in [0.29, 0.717) is 0 Å². The molecule has 24 heavy (non-hydrogen) atoms. The van der Waals surface area contributed by atoms with E-state index in [-0.39, 0.29) is 0 Å². The Bertz CT molecular complexity index is 502. The second-order valence-electron chi connectivity index (χ2n) is 4.91. The van der Waals surface area contributed by atoms with E-state index in [9.17, 15) is 19.2 Å². The molecule has 0 amide bonds. The van der Waals surface area contributed by atoms with E-state index >= 15 is 0 Å². The van der Waals surface area contributed by atoms with E-state index in [4.69, 9.17) is 23.7 Å². The van der Waals surface area contributed by atoms with Gasteiger partial charge in [0.2, 0.25) is 0 Å². The average molecular weight is 348 g/mol. The summed E-state index contributed by atoms with van der Waals surface area (Å²) >= 11 is 0. The highest BCUT2D eigenvalue weighted by atomic mass is 16.7. The van der Waals surface area contributed by atoms with Gasteiger partial charge in [0.25, 0.3) is 0 Å². The first-order valence-corrected chi connectivity index (χ1v) is 6.99. The van der Waals surface area contributed by atoms with Crippen LogP contribution in [0.1, 0.15) is 20.8 Å². The number of hydrogen-bond donors (Lipinski definition) is 0. The molecule has 1 saturated heterocycles. The molecule has 0 aromatic heterocycles. The molecule has 1 unspecified atom stereocenters. The predicted molar refractivity (Wildman–Crippen MR) is 74.3 cm³/mol. The summed E-state index contributed by atoms with van der Waals surface area (Å²) in [6, 6.07) is 0. The third-order valence-electron chi connectivity index (χ3n) is 3.07. The fraction of sp³-hybridized carbons (Fsp3) is 0.714. The van der Waals surface area contributed by atoms with Crippen LogP contribution in [0.2, 0.25) is 0 Å².